The molecule has 2 unspecified atom stereocenters. The number of rotatable bonds is 5. The largest absolute Gasteiger partial charge is 0.264 e. The Balaban J connectivity index is 2.97. The lowest BCUT2D eigenvalue weighted by atomic mass is 10.2. The van der Waals surface area contributed by atoms with Crippen LogP contribution in [0.3, 0.4) is 0 Å². The molecule has 102 valence electrons. The van der Waals surface area contributed by atoms with Gasteiger partial charge in [0.1, 0.15) is 6.04 Å². The van der Waals surface area contributed by atoms with E-state index in [1.54, 1.807) is 26.8 Å². The average molecular weight is 290 g/mol. The predicted octanol–water partition coefficient (Wildman–Crippen LogP) is 2.09. The van der Waals surface area contributed by atoms with Gasteiger partial charge in [-0.15, -0.1) is 11.3 Å². The molecule has 5 nitrogen and oxygen atoms in total. The van der Waals surface area contributed by atoms with Crippen molar-refractivity contribution in [2.45, 2.75) is 31.6 Å². The maximum atomic E-state index is 12.5. The van der Waals surface area contributed by atoms with Gasteiger partial charge in [-0.25, -0.2) is 4.72 Å². The molecule has 0 aliphatic heterocycles. The molecule has 0 bridgehead atoms. The Labute approximate surface area is 112 Å². The standard InChI is InChI=1S/C11H18N2O3S2/c1-11(2,3)18(4,16)12-9(8-13(14)15)10-6-5-7-17-10/h5-7,9H,4,8H2,1-3H3,(H,12,16). The summed E-state index contributed by atoms with van der Waals surface area (Å²) in [6, 6.07) is 3.05. The SMILES string of the molecule is C=S(=O)(NC(C[N+](=O)[O-])c1cccs1)C(C)(C)C. The van der Waals surface area contributed by atoms with Gasteiger partial charge in [-0.05, 0) is 38.1 Å². The summed E-state index contributed by atoms with van der Waals surface area (Å²) in [5, 5.41) is 12.5. The van der Waals surface area contributed by atoms with E-state index in [4.69, 9.17) is 0 Å². The maximum Gasteiger partial charge on any atom is 0.224 e. The molecule has 0 saturated carbocycles. The summed E-state index contributed by atoms with van der Waals surface area (Å²) in [7, 11) is -2.62. The molecular formula is C11H18N2O3S2. The molecule has 0 saturated heterocycles. The number of nitro groups is 1. The zero-order chi connectivity index (χ0) is 14.0. The van der Waals surface area contributed by atoms with Crippen molar-refractivity contribution in [1.82, 2.24) is 4.72 Å². The van der Waals surface area contributed by atoms with Gasteiger partial charge in [0.2, 0.25) is 6.54 Å². The van der Waals surface area contributed by atoms with Gasteiger partial charge in [0.05, 0.1) is 0 Å². The van der Waals surface area contributed by atoms with E-state index in [9.17, 15) is 14.3 Å². The first-order valence-electron chi connectivity index (χ1n) is 5.43. The Morgan fingerprint density at radius 3 is 2.61 bits per heavy atom. The molecule has 1 N–H and O–H groups in total. The van der Waals surface area contributed by atoms with Crippen molar-refractivity contribution in [3.05, 3.63) is 32.5 Å². The molecule has 2 atom stereocenters. The van der Waals surface area contributed by atoms with Gasteiger partial charge in [0.25, 0.3) is 0 Å². The minimum Gasteiger partial charge on any atom is -0.264 e. The Morgan fingerprint density at radius 2 is 2.22 bits per heavy atom. The van der Waals surface area contributed by atoms with E-state index in [0.29, 0.717) is 0 Å². The van der Waals surface area contributed by atoms with Gasteiger partial charge in [0, 0.05) is 24.3 Å². The zero-order valence-corrected chi connectivity index (χ0v) is 12.3. The van der Waals surface area contributed by atoms with Crippen LogP contribution in [0.1, 0.15) is 31.7 Å². The second kappa shape index (κ2) is 5.38. The number of thiophene rings is 1. The van der Waals surface area contributed by atoms with Crippen molar-refractivity contribution in [3.63, 3.8) is 0 Å². The molecule has 0 aliphatic carbocycles. The first-order chi connectivity index (χ1) is 8.13. The van der Waals surface area contributed by atoms with Crippen molar-refractivity contribution >= 4 is 26.9 Å². The number of hydrogen-bond donors (Lipinski definition) is 1. The van der Waals surface area contributed by atoms with Crippen LogP contribution < -0.4 is 4.72 Å². The highest BCUT2D eigenvalue weighted by Gasteiger charge is 2.29. The lowest BCUT2D eigenvalue weighted by Crippen LogP contribution is -2.42. The van der Waals surface area contributed by atoms with Crippen LogP contribution in [0.2, 0.25) is 0 Å². The minimum absolute atomic E-state index is 0.302. The number of nitrogens with one attached hydrogen (secondary N) is 1. The fraction of sp³-hybridized carbons (Fsp3) is 0.545. The Kier molecular flexibility index (Phi) is 4.52. The molecule has 0 amide bonds. The molecule has 18 heavy (non-hydrogen) atoms. The van der Waals surface area contributed by atoms with Crippen molar-refractivity contribution in [2.24, 2.45) is 0 Å². The monoisotopic (exact) mass is 290 g/mol. The van der Waals surface area contributed by atoms with Gasteiger partial charge in [0.15, 0.2) is 0 Å². The molecule has 1 heterocycles. The van der Waals surface area contributed by atoms with E-state index >= 15 is 0 Å². The summed E-state index contributed by atoms with van der Waals surface area (Å²) in [6.07, 6.45) is 0. The zero-order valence-electron chi connectivity index (χ0n) is 10.7. The van der Waals surface area contributed by atoms with Gasteiger partial charge in [-0.2, -0.15) is 0 Å². The third-order valence-corrected chi connectivity index (χ3v) is 6.17. The predicted molar refractivity (Wildman–Crippen MR) is 77.1 cm³/mol. The summed E-state index contributed by atoms with van der Waals surface area (Å²) in [6.45, 7) is 5.09. The number of hydrogen-bond acceptors (Lipinski definition) is 4. The molecule has 1 aromatic rings. The normalized spacial score (nSPS) is 17.1. The van der Waals surface area contributed by atoms with Crippen LogP contribution in [-0.4, -0.2) is 26.3 Å². The second-order valence-electron chi connectivity index (χ2n) is 4.99. The van der Waals surface area contributed by atoms with Crippen LogP contribution in [0, 0.1) is 10.1 Å². The maximum absolute atomic E-state index is 12.5. The van der Waals surface area contributed by atoms with Crippen LogP contribution in [-0.2, 0) is 9.71 Å². The molecule has 0 radical (unpaired) electrons. The van der Waals surface area contributed by atoms with Crippen molar-refractivity contribution in [2.75, 3.05) is 6.54 Å². The van der Waals surface area contributed by atoms with Crippen molar-refractivity contribution in [1.29, 1.82) is 0 Å². The molecule has 0 fully saturated rings. The highest BCUT2D eigenvalue weighted by molar-refractivity contribution is 7.99. The third-order valence-electron chi connectivity index (χ3n) is 2.54. The summed E-state index contributed by atoms with van der Waals surface area (Å²) >= 11 is 1.40. The molecule has 0 aliphatic rings. The fourth-order valence-electron chi connectivity index (χ4n) is 1.23. The van der Waals surface area contributed by atoms with Crippen molar-refractivity contribution < 1.29 is 9.13 Å². The van der Waals surface area contributed by atoms with E-state index in [0.717, 1.165) is 4.88 Å². The topological polar surface area (TPSA) is 72.2 Å². The number of nitrogens with zero attached hydrogens (tertiary/aromatic N) is 1. The second-order valence-corrected chi connectivity index (χ2v) is 8.78. The van der Waals surface area contributed by atoms with E-state index in [1.165, 1.54) is 11.3 Å². The van der Waals surface area contributed by atoms with Crippen LogP contribution in [0.5, 0.6) is 0 Å². The van der Waals surface area contributed by atoms with Gasteiger partial charge < -0.3 is 0 Å². The Bertz CT molecular complexity index is 501. The lowest BCUT2D eigenvalue weighted by molar-refractivity contribution is -0.483. The van der Waals surface area contributed by atoms with Crippen molar-refractivity contribution in [3.8, 4) is 0 Å². The average Bonchev–Trinajstić information content (AvgIpc) is 2.65. The summed E-state index contributed by atoms with van der Waals surface area (Å²) in [4.78, 5) is 11.1. The molecule has 0 aromatic carbocycles. The summed E-state index contributed by atoms with van der Waals surface area (Å²) in [5.41, 5.74) is 0. The van der Waals surface area contributed by atoms with E-state index in [1.807, 2.05) is 11.4 Å². The molecular weight excluding hydrogens is 272 g/mol. The summed E-state index contributed by atoms with van der Waals surface area (Å²) in [5.74, 6) is 3.70. The highest BCUT2D eigenvalue weighted by Crippen LogP contribution is 2.23. The van der Waals surface area contributed by atoms with Crippen LogP contribution in [0.25, 0.3) is 0 Å². The van der Waals surface area contributed by atoms with Gasteiger partial charge in [-0.1, -0.05) is 6.07 Å². The Hall–Kier alpha value is -0.920. The highest BCUT2D eigenvalue weighted by atomic mass is 32.2. The molecule has 1 rings (SSSR count). The van der Waals surface area contributed by atoms with E-state index in [2.05, 4.69) is 10.6 Å². The van der Waals surface area contributed by atoms with E-state index in [-0.39, 0.29) is 6.54 Å². The smallest absolute Gasteiger partial charge is 0.224 e. The van der Waals surface area contributed by atoms with E-state index < -0.39 is 25.4 Å². The Morgan fingerprint density at radius 1 is 1.61 bits per heavy atom. The minimum atomic E-state index is -2.62. The van der Waals surface area contributed by atoms with Crippen LogP contribution in [0.4, 0.5) is 0 Å². The quantitative estimate of drug-likeness (QED) is 0.512. The third kappa shape index (κ3) is 3.79. The first kappa shape index (κ1) is 15.1. The van der Waals surface area contributed by atoms with Gasteiger partial charge in [-0.3, -0.25) is 14.3 Å². The van der Waals surface area contributed by atoms with Gasteiger partial charge >= 0.3 is 0 Å². The lowest BCUT2D eigenvalue weighted by Gasteiger charge is -2.27. The first-order valence-corrected chi connectivity index (χ1v) is 8.03. The summed E-state index contributed by atoms with van der Waals surface area (Å²) < 4.78 is 14.8. The van der Waals surface area contributed by atoms with Crippen LogP contribution >= 0.6 is 11.3 Å². The fourth-order valence-corrected chi connectivity index (χ4v) is 3.09. The molecule has 7 heteroatoms. The van der Waals surface area contributed by atoms with Crippen LogP contribution in [0.15, 0.2) is 17.5 Å². The molecule has 0 spiro atoms. The molecule has 1 aromatic heterocycles.